The van der Waals surface area contributed by atoms with Gasteiger partial charge in [0.15, 0.2) is 0 Å². The standard InChI is InChI=1S/C26H31FN6O3/c1-25(2,35)16-8-17(9-16)32-20-10-21(22-6-5-18-7-15(11-28)12-31-33(18)22)29-13-19(20)24(34)30-14-23(27)26(3,4)36/h5-7,10,12-13,16-17,23,35-36H,8-9,14H2,1-4H3,(H,29,32)(H,30,34)/t16?,17?,23-/m1/s1. The number of hydrogen-bond acceptors (Lipinski definition) is 7. The molecule has 3 aromatic rings. The quantitative estimate of drug-likeness (QED) is 0.378. The van der Waals surface area contributed by atoms with Crippen molar-refractivity contribution in [3.63, 3.8) is 0 Å². The molecule has 1 aliphatic carbocycles. The van der Waals surface area contributed by atoms with Crippen molar-refractivity contribution in [2.75, 3.05) is 11.9 Å². The number of nitrogens with zero attached hydrogens (tertiary/aromatic N) is 4. The molecule has 0 saturated heterocycles. The second-order valence-electron chi connectivity index (χ2n) is 10.5. The number of nitriles is 1. The first kappa shape index (κ1) is 25.5. The van der Waals surface area contributed by atoms with Crippen LogP contribution in [0.3, 0.4) is 0 Å². The van der Waals surface area contributed by atoms with Crippen LogP contribution < -0.4 is 10.6 Å². The molecule has 1 aliphatic rings. The Morgan fingerprint density at radius 2 is 1.97 bits per heavy atom. The van der Waals surface area contributed by atoms with Crippen LogP contribution in [0.4, 0.5) is 10.1 Å². The summed E-state index contributed by atoms with van der Waals surface area (Å²) in [7, 11) is 0. The highest BCUT2D eigenvalue weighted by Gasteiger charge is 2.39. The number of alkyl halides is 1. The maximum Gasteiger partial charge on any atom is 0.255 e. The second-order valence-corrected chi connectivity index (χ2v) is 10.5. The molecule has 1 saturated carbocycles. The van der Waals surface area contributed by atoms with Crippen LogP contribution in [0.5, 0.6) is 0 Å². The molecule has 3 heterocycles. The largest absolute Gasteiger partial charge is 0.390 e. The monoisotopic (exact) mass is 494 g/mol. The SMILES string of the molecule is CC(C)(O)C1CC(Nc2cc(-c3ccc4cc(C#N)cnn34)ncc2C(=O)NC[C@@H](F)C(C)(C)O)C1. The predicted octanol–water partition coefficient (Wildman–Crippen LogP) is 3.07. The van der Waals surface area contributed by atoms with Crippen molar-refractivity contribution in [3.8, 4) is 17.5 Å². The second kappa shape index (κ2) is 9.48. The van der Waals surface area contributed by atoms with Gasteiger partial charge in [0.05, 0.1) is 57.7 Å². The van der Waals surface area contributed by atoms with Crippen LogP contribution >= 0.6 is 0 Å². The minimum Gasteiger partial charge on any atom is -0.390 e. The molecule has 190 valence electrons. The van der Waals surface area contributed by atoms with Crippen molar-refractivity contribution in [2.24, 2.45) is 5.92 Å². The summed E-state index contributed by atoms with van der Waals surface area (Å²) in [6.07, 6.45) is 2.73. The van der Waals surface area contributed by atoms with Crippen molar-refractivity contribution in [1.29, 1.82) is 5.26 Å². The van der Waals surface area contributed by atoms with E-state index in [9.17, 15) is 19.4 Å². The molecule has 9 nitrogen and oxygen atoms in total. The number of hydrogen-bond donors (Lipinski definition) is 4. The summed E-state index contributed by atoms with van der Waals surface area (Å²) in [6.45, 7) is 5.92. The molecule has 4 rings (SSSR count). The summed E-state index contributed by atoms with van der Waals surface area (Å²) in [5.74, 6) is -0.376. The summed E-state index contributed by atoms with van der Waals surface area (Å²) in [4.78, 5) is 17.4. The van der Waals surface area contributed by atoms with Gasteiger partial charge in [-0.15, -0.1) is 0 Å². The van der Waals surface area contributed by atoms with Gasteiger partial charge in [-0.25, -0.2) is 8.91 Å². The molecule has 10 heteroatoms. The first-order valence-corrected chi connectivity index (χ1v) is 11.9. The lowest BCUT2D eigenvalue weighted by atomic mass is 9.71. The van der Waals surface area contributed by atoms with Gasteiger partial charge in [-0.1, -0.05) is 0 Å². The van der Waals surface area contributed by atoms with E-state index < -0.39 is 23.3 Å². The van der Waals surface area contributed by atoms with Gasteiger partial charge in [0.25, 0.3) is 5.91 Å². The topological polar surface area (TPSA) is 136 Å². The van der Waals surface area contributed by atoms with Crippen LogP contribution in [0.2, 0.25) is 0 Å². The zero-order chi connectivity index (χ0) is 26.3. The molecule has 0 bridgehead atoms. The fourth-order valence-electron chi connectivity index (χ4n) is 4.21. The first-order chi connectivity index (χ1) is 16.9. The number of anilines is 1. The Hall–Kier alpha value is -3.55. The minimum absolute atomic E-state index is 0.0499. The average Bonchev–Trinajstić information content (AvgIpc) is 3.20. The van der Waals surface area contributed by atoms with E-state index in [1.54, 1.807) is 30.5 Å². The van der Waals surface area contributed by atoms with Crippen molar-refractivity contribution < 1.29 is 19.4 Å². The van der Waals surface area contributed by atoms with Gasteiger partial charge in [-0.05, 0) is 70.7 Å². The van der Waals surface area contributed by atoms with Crippen LogP contribution in [0, 0.1) is 17.2 Å². The zero-order valence-electron chi connectivity index (χ0n) is 20.8. The molecule has 1 fully saturated rings. The Morgan fingerprint density at radius 1 is 1.25 bits per heavy atom. The van der Waals surface area contributed by atoms with E-state index in [-0.39, 0.29) is 24.1 Å². The molecule has 1 amide bonds. The Balaban J connectivity index is 1.63. The van der Waals surface area contributed by atoms with Crippen LogP contribution in [0.15, 0.2) is 36.7 Å². The van der Waals surface area contributed by atoms with E-state index in [2.05, 4.69) is 26.8 Å². The van der Waals surface area contributed by atoms with Crippen molar-refractivity contribution >= 4 is 17.1 Å². The Bertz CT molecular complexity index is 1310. The van der Waals surface area contributed by atoms with Crippen molar-refractivity contribution in [1.82, 2.24) is 19.9 Å². The van der Waals surface area contributed by atoms with Crippen LogP contribution in [0.25, 0.3) is 16.9 Å². The smallest absolute Gasteiger partial charge is 0.255 e. The number of pyridine rings is 1. The summed E-state index contributed by atoms with van der Waals surface area (Å²) in [5.41, 5.74) is 0.820. The van der Waals surface area contributed by atoms with E-state index in [1.807, 2.05) is 12.1 Å². The van der Waals surface area contributed by atoms with Crippen LogP contribution in [0.1, 0.15) is 56.5 Å². The number of carbonyl (C=O) groups excluding carboxylic acids is 1. The van der Waals surface area contributed by atoms with Gasteiger partial charge in [0, 0.05) is 12.2 Å². The first-order valence-electron chi connectivity index (χ1n) is 11.9. The molecule has 1 atom stereocenters. The van der Waals surface area contributed by atoms with Gasteiger partial charge < -0.3 is 20.8 Å². The number of rotatable bonds is 8. The van der Waals surface area contributed by atoms with Gasteiger partial charge in [-0.2, -0.15) is 10.4 Å². The number of aromatic nitrogens is 3. The molecule has 0 aromatic carbocycles. The molecule has 0 spiro atoms. The molecular weight excluding hydrogens is 463 g/mol. The summed E-state index contributed by atoms with van der Waals surface area (Å²) in [6, 6.07) is 9.25. The minimum atomic E-state index is -1.64. The maximum atomic E-state index is 14.2. The Morgan fingerprint density at radius 3 is 2.61 bits per heavy atom. The zero-order valence-corrected chi connectivity index (χ0v) is 20.8. The highest BCUT2D eigenvalue weighted by atomic mass is 19.1. The Labute approximate surface area is 209 Å². The lowest BCUT2D eigenvalue weighted by Crippen LogP contribution is -2.46. The molecule has 0 aliphatic heterocycles. The van der Waals surface area contributed by atoms with Gasteiger partial charge in [-0.3, -0.25) is 9.78 Å². The average molecular weight is 495 g/mol. The summed E-state index contributed by atoms with van der Waals surface area (Å²) in [5, 5.41) is 39.5. The number of fused-ring (bicyclic) bond motifs is 1. The van der Waals surface area contributed by atoms with Crippen LogP contribution in [-0.4, -0.2) is 60.7 Å². The van der Waals surface area contributed by atoms with Gasteiger partial charge >= 0.3 is 0 Å². The van der Waals surface area contributed by atoms with Gasteiger partial charge in [0.1, 0.15) is 12.2 Å². The number of aliphatic hydroxyl groups is 2. The molecule has 4 N–H and O–H groups in total. The van der Waals surface area contributed by atoms with Crippen LogP contribution in [-0.2, 0) is 0 Å². The third-order valence-corrected chi connectivity index (χ3v) is 6.75. The maximum absolute atomic E-state index is 14.2. The normalized spacial score (nSPS) is 18.8. The molecule has 36 heavy (non-hydrogen) atoms. The van der Waals surface area contributed by atoms with Gasteiger partial charge in [0.2, 0.25) is 0 Å². The summed E-state index contributed by atoms with van der Waals surface area (Å²) < 4.78 is 15.9. The molecular formula is C26H31FN6O3. The van der Waals surface area contributed by atoms with Crippen molar-refractivity contribution in [2.45, 2.75) is 64.0 Å². The number of amides is 1. The fourth-order valence-corrected chi connectivity index (χ4v) is 4.21. The fraction of sp³-hybridized carbons (Fsp3) is 0.462. The molecule has 3 aromatic heterocycles. The van der Waals surface area contributed by atoms with E-state index >= 15 is 0 Å². The predicted molar refractivity (Wildman–Crippen MR) is 133 cm³/mol. The van der Waals surface area contributed by atoms with E-state index in [4.69, 9.17) is 5.26 Å². The summed E-state index contributed by atoms with van der Waals surface area (Å²) >= 11 is 0. The molecule has 0 unspecified atom stereocenters. The number of halogens is 1. The third kappa shape index (κ3) is 5.32. The Kier molecular flexibility index (Phi) is 6.73. The third-order valence-electron chi connectivity index (χ3n) is 6.75. The van der Waals surface area contributed by atoms with E-state index in [0.29, 0.717) is 22.6 Å². The van der Waals surface area contributed by atoms with E-state index in [1.165, 1.54) is 26.2 Å². The van der Waals surface area contributed by atoms with Crippen molar-refractivity contribution in [3.05, 3.63) is 47.8 Å². The highest BCUT2D eigenvalue weighted by molar-refractivity contribution is 6.00. The molecule has 0 radical (unpaired) electrons. The lowest BCUT2D eigenvalue weighted by molar-refractivity contribution is -0.0230. The lowest BCUT2D eigenvalue weighted by Gasteiger charge is -2.43. The number of nitrogens with one attached hydrogen (secondary N) is 2. The van der Waals surface area contributed by atoms with E-state index in [0.717, 1.165) is 18.4 Å². The highest BCUT2D eigenvalue weighted by Crippen LogP contribution is 2.38. The number of carbonyl (C=O) groups is 1.